The smallest absolute Gasteiger partial charge is 0.251 e. The van der Waals surface area contributed by atoms with E-state index in [9.17, 15) is 14.7 Å². The zero-order valence-corrected chi connectivity index (χ0v) is 23.4. The summed E-state index contributed by atoms with van der Waals surface area (Å²) in [5.41, 5.74) is 4.12. The quantitative estimate of drug-likeness (QED) is 0.282. The van der Waals surface area contributed by atoms with Gasteiger partial charge < -0.3 is 25.4 Å². The molecule has 0 aliphatic carbocycles. The van der Waals surface area contributed by atoms with Crippen molar-refractivity contribution in [3.63, 3.8) is 0 Å². The van der Waals surface area contributed by atoms with Crippen molar-refractivity contribution in [3.05, 3.63) is 95.1 Å². The van der Waals surface area contributed by atoms with Gasteiger partial charge >= 0.3 is 0 Å². The number of aliphatic hydroxyl groups is 1. The lowest BCUT2D eigenvalue weighted by atomic mass is 10.00. The van der Waals surface area contributed by atoms with Gasteiger partial charge in [0, 0.05) is 37.3 Å². The van der Waals surface area contributed by atoms with Crippen LogP contribution in [0.3, 0.4) is 0 Å². The zero-order valence-electron chi connectivity index (χ0n) is 23.4. The van der Waals surface area contributed by atoms with E-state index >= 15 is 0 Å². The summed E-state index contributed by atoms with van der Waals surface area (Å²) in [5.74, 6) is 0.515. The van der Waals surface area contributed by atoms with E-state index in [-0.39, 0.29) is 11.8 Å². The number of nitrogens with one attached hydrogen (secondary N) is 2. The van der Waals surface area contributed by atoms with Crippen molar-refractivity contribution in [2.75, 3.05) is 25.1 Å². The van der Waals surface area contributed by atoms with E-state index in [4.69, 9.17) is 4.74 Å². The van der Waals surface area contributed by atoms with Crippen LogP contribution in [0, 0.1) is 6.92 Å². The predicted molar refractivity (Wildman–Crippen MR) is 156 cm³/mol. The minimum Gasteiger partial charge on any atom is -0.497 e. The van der Waals surface area contributed by atoms with E-state index in [0.29, 0.717) is 43.7 Å². The molecule has 0 aliphatic heterocycles. The van der Waals surface area contributed by atoms with Crippen LogP contribution in [-0.4, -0.2) is 49.3 Å². The van der Waals surface area contributed by atoms with Gasteiger partial charge in [0.15, 0.2) is 0 Å². The van der Waals surface area contributed by atoms with Crippen LogP contribution in [0.1, 0.15) is 53.7 Å². The second-order valence-electron chi connectivity index (χ2n) is 9.78. The number of hydrogen-bond donors (Lipinski definition) is 3. The first-order chi connectivity index (χ1) is 18.8. The Hall–Kier alpha value is -3.68. The first kappa shape index (κ1) is 29.9. The van der Waals surface area contributed by atoms with Crippen molar-refractivity contribution < 1.29 is 19.4 Å². The average Bonchev–Trinajstić information content (AvgIpc) is 2.95. The van der Waals surface area contributed by atoms with Gasteiger partial charge in [-0.05, 0) is 66.8 Å². The molecule has 2 amide bonds. The lowest BCUT2D eigenvalue weighted by Crippen LogP contribution is -2.48. The number of carbonyl (C=O) groups is 2. The second-order valence-corrected chi connectivity index (χ2v) is 9.78. The lowest BCUT2D eigenvalue weighted by Gasteiger charge is -2.26. The van der Waals surface area contributed by atoms with Gasteiger partial charge in [-0.2, -0.15) is 0 Å². The van der Waals surface area contributed by atoms with Crippen molar-refractivity contribution in [2.45, 2.75) is 58.7 Å². The summed E-state index contributed by atoms with van der Waals surface area (Å²) in [5, 5.41) is 17.5. The van der Waals surface area contributed by atoms with Crippen molar-refractivity contribution in [1.29, 1.82) is 0 Å². The third-order valence-corrected chi connectivity index (χ3v) is 6.58. The number of nitrogens with zero attached hydrogens (tertiary/aromatic N) is 1. The van der Waals surface area contributed by atoms with Gasteiger partial charge in [0.2, 0.25) is 5.91 Å². The minimum absolute atomic E-state index is 0.0216. The Morgan fingerprint density at radius 2 is 1.72 bits per heavy atom. The number of aliphatic hydroxyl groups excluding tert-OH is 1. The summed E-state index contributed by atoms with van der Waals surface area (Å²) in [6.07, 6.45) is 0.852. The molecule has 0 spiro atoms. The highest BCUT2D eigenvalue weighted by Crippen LogP contribution is 2.21. The Labute approximate surface area is 232 Å². The number of rotatable bonds is 14. The van der Waals surface area contributed by atoms with E-state index in [1.165, 1.54) is 0 Å². The number of aryl methyl sites for hydroxylation is 1. The summed E-state index contributed by atoms with van der Waals surface area (Å²) < 4.78 is 5.29. The molecule has 0 radical (unpaired) electrons. The van der Waals surface area contributed by atoms with Gasteiger partial charge in [0.05, 0.1) is 19.3 Å². The van der Waals surface area contributed by atoms with Crippen LogP contribution < -0.4 is 20.3 Å². The first-order valence-corrected chi connectivity index (χ1v) is 13.6. The number of benzene rings is 3. The summed E-state index contributed by atoms with van der Waals surface area (Å²) in [6.45, 7) is 7.22. The standard InChI is InChI=1S/C32H41N3O4/c1-5-15-35(31(37)6-2)27-17-23(3)16-26(20-27)32(38)34-29(19-24-11-8-7-9-12-24)30(36)22-33-21-25-13-10-14-28(18-25)39-4/h7-14,16-18,20,29-30,33,36H,5-6,15,19,21-22H2,1-4H3,(H,34,38)/t29-,30-/m0/s1. The molecule has 0 fully saturated rings. The fourth-order valence-corrected chi connectivity index (χ4v) is 4.55. The van der Waals surface area contributed by atoms with Crippen LogP contribution >= 0.6 is 0 Å². The summed E-state index contributed by atoms with van der Waals surface area (Å²) in [7, 11) is 1.63. The Kier molecular flexibility index (Phi) is 11.5. The van der Waals surface area contributed by atoms with E-state index in [0.717, 1.165) is 28.9 Å². The van der Waals surface area contributed by atoms with Crippen LogP contribution in [0.5, 0.6) is 5.75 Å². The Morgan fingerprint density at radius 1 is 0.974 bits per heavy atom. The van der Waals surface area contributed by atoms with Gasteiger partial charge in [0.25, 0.3) is 5.91 Å². The van der Waals surface area contributed by atoms with Crippen LogP contribution in [0.25, 0.3) is 0 Å². The van der Waals surface area contributed by atoms with Gasteiger partial charge in [-0.3, -0.25) is 9.59 Å². The molecule has 3 aromatic rings. The molecule has 0 saturated heterocycles. The summed E-state index contributed by atoms with van der Waals surface area (Å²) in [4.78, 5) is 27.8. The molecule has 7 heteroatoms. The lowest BCUT2D eigenvalue weighted by molar-refractivity contribution is -0.118. The molecule has 39 heavy (non-hydrogen) atoms. The highest BCUT2D eigenvalue weighted by Gasteiger charge is 2.23. The predicted octanol–water partition coefficient (Wildman–Crippen LogP) is 4.65. The number of hydrogen-bond acceptors (Lipinski definition) is 5. The third-order valence-electron chi connectivity index (χ3n) is 6.58. The molecule has 0 aromatic heterocycles. The van der Waals surface area contributed by atoms with Crippen LogP contribution in [0.4, 0.5) is 5.69 Å². The largest absolute Gasteiger partial charge is 0.497 e. The number of amides is 2. The topological polar surface area (TPSA) is 90.9 Å². The molecule has 0 saturated carbocycles. The third kappa shape index (κ3) is 8.94. The number of methoxy groups -OCH3 is 1. The highest BCUT2D eigenvalue weighted by molar-refractivity contribution is 5.98. The molecule has 0 bridgehead atoms. The van der Waals surface area contributed by atoms with Crippen molar-refractivity contribution >= 4 is 17.5 Å². The molecule has 208 valence electrons. The normalized spacial score (nSPS) is 12.4. The van der Waals surface area contributed by atoms with E-state index < -0.39 is 12.1 Å². The molecule has 3 N–H and O–H groups in total. The molecule has 0 heterocycles. The van der Waals surface area contributed by atoms with Gasteiger partial charge in [0.1, 0.15) is 5.75 Å². The molecule has 3 aromatic carbocycles. The summed E-state index contributed by atoms with van der Waals surface area (Å²) >= 11 is 0. The molecular formula is C32H41N3O4. The molecule has 0 unspecified atom stereocenters. The van der Waals surface area contributed by atoms with Crippen molar-refractivity contribution in [3.8, 4) is 5.75 Å². The van der Waals surface area contributed by atoms with E-state index in [2.05, 4.69) is 10.6 Å². The molecular weight excluding hydrogens is 490 g/mol. The van der Waals surface area contributed by atoms with E-state index in [1.807, 2.05) is 87.5 Å². The summed E-state index contributed by atoms with van der Waals surface area (Å²) in [6, 6.07) is 22.5. The molecule has 2 atom stereocenters. The van der Waals surface area contributed by atoms with Crippen LogP contribution in [0.2, 0.25) is 0 Å². The second kappa shape index (κ2) is 15.0. The maximum atomic E-state index is 13.5. The van der Waals surface area contributed by atoms with Crippen molar-refractivity contribution in [2.24, 2.45) is 0 Å². The Bertz CT molecular complexity index is 1220. The maximum absolute atomic E-state index is 13.5. The number of anilines is 1. The first-order valence-electron chi connectivity index (χ1n) is 13.6. The molecule has 3 rings (SSSR count). The van der Waals surface area contributed by atoms with Gasteiger partial charge in [-0.1, -0.05) is 56.3 Å². The van der Waals surface area contributed by atoms with Crippen LogP contribution in [0.15, 0.2) is 72.8 Å². The Morgan fingerprint density at radius 3 is 2.41 bits per heavy atom. The zero-order chi connectivity index (χ0) is 28.2. The molecule has 7 nitrogen and oxygen atoms in total. The monoisotopic (exact) mass is 531 g/mol. The molecule has 0 aliphatic rings. The fourth-order valence-electron chi connectivity index (χ4n) is 4.55. The van der Waals surface area contributed by atoms with E-state index in [1.54, 1.807) is 18.1 Å². The number of ether oxygens (including phenoxy) is 1. The average molecular weight is 532 g/mol. The SMILES string of the molecule is CCCN(C(=O)CC)c1cc(C)cc(C(=O)N[C@@H](Cc2ccccc2)[C@@H](O)CNCc2cccc(OC)c2)c1. The van der Waals surface area contributed by atoms with Crippen LogP contribution in [-0.2, 0) is 17.8 Å². The van der Waals surface area contributed by atoms with Crippen molar-refractivity contribution in [1.82, 2.24) is 10.6 Å². The highest BCUT2D eigenvalue weighted by atomic mass is 16.5. The van der Waals surface area contributed by atoms with Gasteiger partial charge in [-0.25, -0.2) is 0 Å². The maximum Gasteiger partial charge on any atom is 0.251 e. The minimum atomic E-state index is -0.831. The van der Waals surface area contributed by atoms with Gasteiger partial charge in [-0.15, -0.1) is 0 Å². The fraction of sp³-hybridized carbons (Fsp3) is 0.375. The number of carbonyl (C=O) groups excluding carboxylic acids is 2. The Balaban J connectivity index is 1.76.